The summed E-state index contributed by atoms with van der Waals surface area (Å²) < 4.78 is 3.21. The summed E-state index contributed by atoms with van der Waals surface area (Å²) in [7, 11) is 0. The van der Waals surface area contributed by atoms with Crippen LogP contribution < -0.4 is 17.2 Å². The molecule has 0 fully saturated rings. The highest BCUT2D eigenvalue weighted by molar-refractivity contribution is 5.95. The second kappa shape index (κ2) is 7.10. The molecule has 3 aromatic rings. The number of benzene rings is 2. The lowest BCUT2D eigenvalue weighted by molar-refractivity contribution is 0.684. The first kappa shape index (κ1) is 17.2. The number of imidazole rings is 1. The molecule has 0 saturated carbocycles. The van der Waals surface area contributed by atoms with Crippen molar-refractivity contribution in [2.75, 3.05) is 0 Å². The zero-order chi connectivity index (χ0) is 18.7. The second-order valence-corrected chi connectivity index (χ2v) is 6.06. The quantitative estimate of drug-likeness (QED) is 0.396. The Morgan fingerprint density at radius 3 is 1.62 bits per heavy atom. The molecule has 0 aliphatic carbocycles. The summed E-state index contributed by atoms with van der Waals surface area (Å²) in [6.45, 7) is 0.806. The molecule has 0 bridgehead atoms. The number of aromatic nitrogens is 2. The lowest BCUT2D eigenvalue weighted by atomic mass is 10.1. The van der Waals surface area contributed by atoms with Crippen LogP contribution in [-0.4, -0.2) is 20.8 Å². The van der Waals surface area contributed by atoms with Crippen LogP contribution in [0.3, 0.4) is 0 Å². The molecule has 26 heavy (non-hydrogen) atoms. The fraction of sp³-hybridized carbons (Fsp3) is 0.105. The van der Waals surface area contributed by atoms with Crippen molar-refractivity contribution in [2.24, 2.45) is 11.5 Å². The third kappa shape index (κ3) is 3.72. The van der Waals surface area contributed by atoms with Crippen LogP contribution in [0, 0.1) is 10.8 Å². The smallest absolute Gasteiger partial charge is 0.328 e. The van der Waals surface area contributed by atoms with E-state index in [9.17, 15) is 4.79 Å². The number of nitrogen functional groups attached to an aromatic ring is 2. The molecule has 7 nitrogen and oxygen atoms in total. The average molecular weight is 348 g/mol. The summed E-state index contributed by atoms with van der Waals surface area (Å²) >= 11 is 0. The fourth-order valence-electron chi connectivity index (χ4n) is 2.76. The number of rotatable bonds is 6. The highest BCUT2D eigenvalue weighted by Crippen LogP contribution is 2.08. The van der Waals surface area contributed by atoms with Crippen LogP contribution in [0.25, 0.3) is 0 Å². The van der Waals surface area contributed by atoms with Crippen molar-refractivity contribution in [1.29, 1.82) is 10.8 Å². The van der Waals surface area contributed by atoms with Crippen molar-refractivity contribution in [1.82, 2.24) is 9.13 Å². The summed E-state index contributed by atoms with van der Waals surface area (Å²) in [6.07, 6.45) is 3.47. The predicted octanol–water partition coefficient (Wildman–Crippen LogP) is 1.31. The predicted molar refractivity (Wildman–Crippen MR) is 102 cm³/mol. The zero-order valence-electron chi connectivity index (χ0n) is 14.1. The maximum Gasteiger partial charge on any atom is 0.328 e. The molecule has 0 spiro atoms. The Kier molecular flexibility index (Phi) is 4.70. The second-order valence-electron chi connectivity index (χ2n) is 6.06. The van der Waals surface area contributed by atoms with E-state index in [4.69, 9.17) is 22.3 Å². The standard InChI is InChI=1S/C19H20N6O/c20-17(21)15-5-1-3-13(9-15)11-24-7-8-25(19(24)26)12-14-4-2-6-16(10-14)18(22)23/h1-10H,11-12H2,(H3,20,21)(H3,22,23). The first-order valence-corrected chi connectivity index (χ1v) is 8.06. The Morgan fingerprint density at radius 1 is 0.808 bits per heavy atom. The number of hydrogen-bond donors (Lipinski definition) is 4. The van der Waals surface area contributed by atoms with Gasteiger partial charge >= 0.3 is 5.69 Å². The summed E-state index contributed by atoms with van der Waals surface area (Å²) in [5, 5.41) is 15.0. The molecule has 6 N–H and O–H groups in total. The molecule has 0 aliphatic rings. The van der Waals surface area contributed by atoms with Crippen LogP contribution >= 0.6 is 0 Å². The van der Waals surface area contributed by atoms with E-state index >= 15 is 0 Å². The van der Waals surface area contributed by atoms with Gasteiger partial charge in [-0.05, 0) is 23.3 Å². The van der Waals surface area contributed by atoms with Gasteiger partial charge in [0.15, 0.2) is 0 Å². The van der Waals surface area contributed by atoms with Gasteiger partial charge in [0.1, 0.15) is 11.7 Å². The molecule has 0 radical (unpaired) electrons. The van der Waals surface area contributed by atoms with E-state index in [0.29, 0.717) is 24.2 Å². The largest absolute Gasteiger partial charge is 0.384 e. The zero-order valence-corrected chi connectivity index (χ0v) is 14.1. The number of nitrogens with one attached hydrogen (secondary N) is 2. The SMILES string of the molecule is N=C(N)c1cccc(Cn2ccn(Cc3cccc(C(=N)N)c3)c2=O)c1. The Bertz CT molecular complexity index is 950. The number of nitrogens with two attached hydrogens (primary N) is 2. The van der Waals surface area contributed by atoms with Gasteiger partial charge in [0.05, 0.1) is 13.1 Å². The Labute approximate surface area is 150 Å². The van der Waals surface area contributed by atoms with E-state index < -0.39 is 0 Å². The molecule has 132 valence electrons. The fourth-order valence-corrected chi connectivity index (χ4v) is 2.76. The Morgan fingerprint density at radius 2 is 1.23 bits per heavy atom. The van der Waals surface area contributed by atoms with Crippen molar-refractivity contribution in [3.8, 4) is 0 Å². The molecule has 0 unspecified atom stereocenters. The number of hydrogen-bond acceptors (Lipinski definition) is 3. The van der Waals surface area contributed by atoms with Gasteiger partial charge in [-0.15, -0.1) is 0 Å². The molecule has 1 heterocycles. The summed E-state index contributed by atoms with van der Waals surface area (Å²) in [5.74, 6) is 0.00393. The maximum absolute atomic E-state index is 12.6. The van der Waals surface area contributed by atoms with Gasteiger partial charge in [0, 0.05) is 23.5 Å². The molecule has 0 aliphatic heterocycles. The topological polar surface area (TPSA) is 127 Å². The van der Waals surface area contributed by atoms with Gasteiger partial charge in [-0.3, -0.25) is 20.0 Å². The normalized spacial score (nSPS) is 10.6. The van der Waals surface area contributed by atoms with Crippen LogP contribution in [-0.2, 0) is 13.1 Å². The van der Waals surface area contributed by atoms with E-state index in [1.54, 1.807) is 33.7 Å². The van der Waals surface area contributed by atoms with E-state index in [1.165, 1.54) is 0 Å². The lowest BCUT2D eigenvalue weighted by Gasteiger charge is -2.06. The van der Waals surface area contributed by atoms with E-state index in [-0.39, 0.29) is 17.4 Å². The number of amidine groups is 2. The van der Waals surface area contributed by atoms with Gasteiger partial charge in [-0.2, -0.15) is 0 Å². The summed E-state index contributed by atoms with van der Waals surface area (Å²) in [4.78, 5) is 12.6. The monoisotopic (exact) mass is 348 g/mol. The van der Waals surface area contributed by atoms with Gasteiger partial charge in [-0.1, -0.05) is 36.4 Å². The van der Waals surface area contributed by atoms with Gasteiger partial charge < -0.3 is 11.5 Å². The number of nitrogens with zero attached hydrogens (tertiary/aromatic N) is 2. The van der Waals surface area contributed by atoms with Crippen molar-refractivity contribution < 1.29 is 0 Å². The third-order valence-corrected chi connectivity index (χ3v) is 4.10. The minimum Gasteiger partial charge on any atom is -0.384 e. The van der Waals surface area contributed by atoms with Crippen LogP contribution in [0.5, 0.6) is 0 Å². The van der Waals surface area contributed by atoms with Crippen molar-refractivity contribution in [3.63, 3.8) is 0 Å². The first-order valence-electron chi connectivity index (χ1n) is 8.06. The highest BCUT2D eigenvalue weighted by Gasteiger charge is 2.07. The molecule has 1 aromatic heterocycles. The van der Waals surface area contributed by atoms with Gasteiger partial charge in [-0.25, -0.2) is 4.79 Å². The molecule has 0 amide bonds. The van der Waals surface area contributed by atoms with E-state index in [0.717, 1.165) is 11.1 Å². The highest BCUT2D eigenvalue weighted by atomic mass is 16.1. The molecule has 0 saturated heterocycles. The summed E-state index contributed by atoms with van der Waals surface area (Å²) in [6, 6.07) is 14.6. The molecular weight excluding hydrogens is 328 g/mol. The Hall–Kier alpha value is -3.61. The van der Waals surface area contributed by atoms with E-state index in [2.05, 4.69) is 0 Å². The molecule has 7 heteroatoms. The van der Waals surface area contributed by atoms with Crippen LogP contribution in [0.1, 0.15) is 22.3 Å². The van der Waals surface area contributed by atoms with Crippen molar-refractivity contribution in [3.05, 3.63) is 93.7 Å². The maximum atomic E-state index is 12.6. The van der Waals surface area contributed by atoms with Gasteiger partial charge in [0.2, 0.25) is 0 Å². The van der Waals surface area contributed by atoms with Crippen LogP contribution in [0.15, 0.2) is 65.7 Å². The van der Waals surface area contributed by atoms with E-state index in [1.807, 2.05) is 36.4 Å². The molecule has 2 aromatic carbocycles. The third-order valence-electron chi connectivity index (χ3n) is 4.10. The molecule has 0 atom stereocenters. The van der Waals surface area contributed by atoms with Crippen LogP contribution in [0.2, 0.25) is 0 Å². The Balaban J connectivity index is 1.81. The minimum atomic E-state index is -0.133. The van der Waals surface area contributed by atoms with Gasteiger partial charge in [0.25, 0.3) is 0 Å². The first-order chi connectivity index (χ1) is 12.4. The average Bonchev–Trinajstić information content (AvgIpc) is 2.95. The van der Waals surface area contributed by atoms with Crippen LogP contribution in [0.4, 0.5) is 0 Å². The molecule has 3 rings (SSSR count). The summed E-state index contributed by atoms with van der Waals surface area (Å²) in [5.41, 5.74) is 14.0. The molecular formula is C19H20N6O. The minimum absolute atomic E-state index is 0.00196. The van der Waals surface area contributed by atoms with Crippen molar-refractivity contribution in [2.45, 2.75) is 13.1 Å². The van der Waals surface area contributed by atoms with Crippen molar-refractivity contribution >= 4 is 11.7 Å². The lowest BCUT2D eigenvalue weighted by Crippen LogP contribution is -2.25.